The molecule has 0 saturated heterocycles. The largest absolute Gasteiger partial charge is 0.394 e. The average molecular weight is 197 g/mol. The number of ether oxygens (including phenoxy) is 1. The molecule has 3 heteroatoms. The van der Waals surface area contributed by atoms with Gasteiger partial charge in [-0.25, -0.2) is 0 Å². The first-order valence-corrected chi connectivity index (χ1v) is 5.50. The van der Waals surface area contributed by atoms with Crippen LogP contribution in [0.25, 0.3) is 0 Å². The van der Waals surface area contributed by atoms with Crippen LogP contribution in [-0.2, 0) is 4.74 Å². The van der Waals surface area contributed by atoms with E-state index in [1.807, 2.05) is 0 Å². The second-order valence-corrected chi connectivity index (χ2v) is 4.13. The van der Waals surface area contributed by atoms with E-state index in [1.54, 1.807) is 0 Å². The molecule has 0 aromatic heterocycles. The van der Waals surface area contributed by atoms with Gasteiger partial charge in [-0.05, 0) is 24.7 Å². The van der Waals surface area contributed by atoms with Crippen LogP contribution in [0, 0.1) is 11.8 Å². The maximum atomic E-state index is 8.50. The summed E-state index contributed by atoms with van der Waals surface area (Å²) in [6.45, 7) is 2.19. The normalized spacial score (nSPS) is 34.2. The fourth-order valence-electron chi connectivity index (χ4n) is 2.43. The smallest absolute Gasteiger partial charge is 0.0698 e. The molecular formula is C11H19NO2. The fraction of sp³-hybridized carbons (Fsp3) is 0.818. The van der Waals surface area contributed by atoms with Gasteiger partial charge in [-0.3, -0.25) is 0 Å². The minimum absolute atomic E-state index is 0.122. The number of rotatable bonds is 6. The van der Waals surface area contributed by atoms with E-state index < -0.39 is 0 Å². The van der Waals surface area contributed by atoms with Crippen molar-refractivity contribution in [1.82, 2.24) is 5.32 Å². The number of hydrogen-bond donors (Lipinski definition) is 2. The summed E-state index contributed by atoms with van der Waals surface area (Å²) in [6, 6.07) is 0.677. The Kier molecular flexibility index (Phi) is 3.56. The second-order valence-electron chi connectivity index (χ2n) is 4.13. The van der Waals surface area contributed by atoms with Gasteiger partial charge in [-0.2, -0.15) is 0 Å². The Balaban J connectivity index is 1.52. The first-order valence-electron chi connectivity index (χ1n) is 5.50. The van der Waals surface area contributed by atoms with Crippen LogP contribution in [0.3, 0.4) is 0 Å². The van der Waals surface area contributed by atoms with Gasteiger partial charge in [0.2, 0.25) is 0 Å². The molecule has 2 aliphatic carbocycles. The van der Waals surface area contributed by atoms with Crippen molar-refractivity contribution in [2.75, 3.05) is 26.4 Å². The zero-order valence-electron chi connectivity index (χ0n) is 8.48. The SMILES string of the molecule is OCCOCCNC1CC2CC=CC21. The van der Waals surface area contributed by atoms with Gasteiger partial charge in [-0.15, -0.1) is 0 Å². The molecule has 1 fully saturated rings. The van der Waals surface area contributed by atoms with Crippen molar-refractivity contribution < 1.29 is 9.84 Å². The molecular weight excluding hydrogens is 178 g/mol. The standard InChI is InChI=1S/C11H19NO2/c13-5-7-14-6-4-12-11-8-9-2-1-3-10(9)11/h1,3,9-13H,2,4-8H2. The Morgan fingerprint density at radius 1 is 1.43 bits per heavy atom. The molecule has 0 aromatic carbocycles. The summed E-state index contributed by atoms with van der Waals surface area (Å²) in [7, 11) is 0. The highest BCUT2D eigenvalue weighted by atomic mass is 16.5. The van der Waals surface area contributed by atoms with E-state index in [0.29, 0.717) is 19.3 Å². The number of hydrogen-bond acceptors (Lipinski definition) is 3. The first kappa shape index (κ1) is 10.1. The third-order valence-corrected chi connectivity index (χ3v) is 3.25. The Morgan fingerprint density at radius 3 is 3.14 bits per heavy atom. The Morgan fingerprint density at radius 2 is 2.36 bits per heavy atom. The minimum atomic E-state index is 0.122. The van der Waals surface area contributed by atoms with Gasteiger partial charge in [0.1, 0.15) is 0 Å². The Hall–Kier alpha value is -0.380. The molecule has 0 radical (unpaired) electrons. The van der Waals surface area contributed by atoms with Gasteiger partial charge in [0.15, 0.2) is 0 Å². The zero-order chi connectivity index (χ0) is 9.80. The Labute approximate surface area is 85.1 Å². The van der Waals surface area contributed by atoms with Crippen LogP contribution in [-0.4, -0.2) is 37.5 Å². The predicted molar refractivity (Wildman–Crippen MR) is 55.0 cm³/mol. The van der Waals surface area contributed by atoms with Gasteiger partial charge >= 0.3 is 0 Å². The molecule has 3 atom stereocenters. The van der Waals surface area contributed by atoms with Crippen molar-refractivity contribution in [2.45, 2.75) is 18.9 Å². The second kappa shape index (κ2) is 4.91. The molecule has 14 heavy (non-hydrogen) atoms. The number of nitrogens with one attached hydrogen (secondary N) is 1. The summed E-state index contributed by atoms with van der Waals surface area (Å²) < 4.78 is 5.18. The van der Waals surface area contributed by atoms with Gasteiger partial charge in [-0.1, -0.05) is 12.2 Å². The number of fused-ring (bicyclic) bond motifs is 1. The van der Waals surface area contributed by atoms with Gasteiger partial charge in [0.25, 0.3) is 0 Å². The van der Waals surface area contributed by atoms with Crippen LogP contribution in [0.15, 0.2) is 12.2 Å². The highest BCUT2D eigenvalue weighted by molar-refractivity contribution is 5.12. The van der Waals surface area contributed by atoms with Crippen LogP contribution >= 0.6 is 0 Å². The molecule has 3 nitrogen and oxygen atoms in total. The third-order valence-electron chi connectivity index (χ3n) is 3.25. The van der Waals surface area contributed by atoms with Crippen molar-refractivity contribution >= 4 is 0 Å². The molecule has 80 valence electrons. The molecule has 0 spiro atoms. The summed E-state index contributed by atoms with van der Waals surface area (Å²) in [6.07, 6.45) is 7.25. The highest BCUT2D eigenvalue weighted by Crippen LogP contribution is 2.42. The summed E-state index contributed by atoms with van der Waals surface area (Å²) in [4.78, 5) is 0. The molecule has 0 bridgehead atoms. The maximum absolute atomic E-state index is 8.50. The topological polar surface area (TPSA) is 41.5 Å². The van der Waals surface area contributed by atoms with Crippen LogP contribution in [0.1, 0.15) is 12.8 Å². The van der Waals surface area contributed by atoms with Crippen LogP contribution in [0.4, 0.5) is 0 Å². The lowest BCUT2D eigenvalue weighted by atomic mass is 9.71. The molecule has 0 heterocycles. The molecule has 2 aliphatic rings. The molecule has 0 amide bonds. The van der Waals surface area contributed by atoms with Crippen LogP contribution in [0.5, 0.6) is 0 Å². The lowest BCUT2D eigenvalue weighted by Crippen LogP contribution is -2.48. The van der Waals surface area contributed by atoms with E-state index in [2.05, 4.69) is 17.5 Å². The van der Waals surface area contributed by atoms with Crippen LogP contribution in [0.2, 0.25) is 0 Å². The van der Waals surface area contributed by atoms with E-state index in [1.165, 1.54) is 12.8 Å². The zero-order valence-corrected chi connectivity index (χ0v) is 8.48. The van der Waals surface area contributed by atoms with Crippen molar-refractivity contribution in [3.63, 3.8) is 0 Å². The summed E-state index contributed by atoms with van der Waals surface area (Å²) >= 11 is 0. The lowest BCUT2D eigenvalue weighted by Gasteiger charge is -2.40. The van der Waals surface area contributed by atoms with E-state index in [9.17, 15) is 0 Å². The molecule has 2 N–H and O–H groups in total. The fourth-order valence-corrected chi connectivity index (χ4v) is 2.43. The van der Waals surface area contributed by atoms with Gasteiger partial charge in [0, 0.05) is 12.6 Å². The van der Waals surface area contributed by atoms with E-state index in [4.69, 9.17) is 9.84 Å². The predicted octanol–water partition coefficient (Wildman–Crippen LogP) is 0.549. The van der Waals surface area contributed by atoms with Crippen molar-refractivity contribution in [3.8, 4) is 0 Å². The van der Waals surface area contributed by atoms with Crippen molar-refractivity contribution in [2.24, 2.45) is 11.8 Å². The first-order chi connectivity index (χ1) is 6.92. The number of aliphatic hydroxyl groups is 1. The van der Waals surface area contributed by atoms with E-state index in [0.717, 1.165) is 18.4 Å². The van der Waals surface area contributed by atoms with Gasteiger partial charge in [0.05, 0.1) is 19.8 Å². The quantitative estimate of drug-likeness (QED) is 0.482. The summed E-state index contributed by atoms with van der Waals surface area (Å²) in [5.74, 6) is 1.71. The number of allylic oxidation sites excluding steroid dienone is 1. The summed E-state index contributed by atoms with van der Waals surface area (Å²) in [5, 5.41) is 12.0. The molecule has 2 rings (SSSR count). The lowest BCUT2D eigenvalue weighted by molar-refractivity contribution is 0.0837. The molecule has 1 saturated carbocycles. The average Bonchev–Trinajstić information content (AvgIpc) is 2.53. The van der Waals surface area contributed by atoms with Crippen LogP contribution < -0.4 is 5.32 Å². The van der Waals surface area contributed by atoms with Gasteiger partial charge < -0.3 is 15.2 Å². The monoisotopic (exact) mass is 197 g/mol. The molecule has 0 aromatic rings. The van der Waals surface area contributed by atoms with Crippen molar-refractivity contribution in [1.29, 1.82) is 0 Å². The minimum Gasteiger partial charge on any atom is -0.394 e. The number of aliphatic hydroxyl groups excluding tert-OH is 1. The van der Waals surface area contributed by atoms with Crippen molar-refractivity contribution in [3.05, 3.63) is 12.2 Å². The third kappa shape index (κ3) is 2.16. The maximum Gasteiger partial charge on any atom is 0.0698 e. The molecule has 0 aliphatic heterocycles. The van der Waals surface area contributed by atoms with E-state index >= 15 is 0 Å². The Bertz CT molecular complexity index is 205. The summed E-state index contributed by atoms with van der Waals surface area (Å²) in [5.41, 5.74) is 0. The highest BCUT2D eigenvalue weighted by Gasteiger charge is 2.40. The molecule has 3 unspecified atom stereocenters. The van der Waals surface area contributed by atoms with E-state index in [-0.39, 0.29) is 6.61 Å².